The van der Waals surface area contributed by atoms with Gasteiger partial charge in [-0.15, -0.1) is 0 Å². The van der Waals surface area contributed by atoms with Crippen molar-refractivity contribution >= 4 is 5.91 Å². The average Bonchev–Trinajstić information content (AvgIpc) is 2.80. The predicted octanol–water partition coefficient (Wildman–Crippen LogP) is 3.09. The normalized spacial score (nSPS) is 16.3. The Morgan fingerprint density at radius 1 is 1.07 bits per heavy atom. The summed E-state index contributed by atoms with van der Waals surface area (Å²) in [6, 6.07) is 7.39. The minimum atomic E-state index is -0.126. The van der Waals surface area contributed by atoms with E-state index in [1.807, 2.05) is 24.3 Å². The maximum Gasteiger partial charge on any atom is 0.274 e. The second-order valence-corrected chi connectivity index (χ2v) is 6.68. The Morgan fingerprint density at radius 2 is 1.86 bits per heavy atom. The van der Waals surface area contributed by atoms with Crippen molar-refractivity contribution in [3.05, 3.63) is 66.6 Å². The molecule has 8 nitrogen and oxygen atoms in total. The zero-order valence-corrected chi connectivity index (χ0v) is 16.1. The number of hydrogen-bond donors (Lipinski definition) is 0. The molecule has 0 aliphatic carbocycles. The molecule has 0 radical (unpaired) electrons. The number of piperidine rings is 1. The summed E-state index contributed by atoms with van der Waals surface area (Å²) in [6.45, 7) is 1.20. The second kappa shape index (κ2) is 8.64. The maximum atomic E-state index is 12.8. The number of nitrogens with zero attached hydrogens (tertiary/aromatic N) is 5. The third-order valence-corrected chi connectivity index (χ3v) is 4.84. The van der Waals surface area contributed by atoms with E-state index in [1.165, 1.54) is 12.4 Å². The van der Waals surface area contributed by atoms with Crippen molar-refractivity contribution in [3.8, 4) is 17.4 Å². The zero-order chi connectivity index (χ0) is 20.1. The van der Waals surface area contributed by atoms with E-state index in [0.717, 1.165) is 18.5 Å². The van der Waals surface area contributed by atoms with Crippen molar-refractivity contribution in [2.45, 2.75) is 18.8 Å². The predicted molar refractivity (Wildman–Crippen MR) is 105 cm³/mol. The molecule has 2 aromatic heterocycles. The van der Waals surface area contributed by atoms with Gasteiger partial charge in [0.1, 0.15) is 11.4 Å². The standard InChI is InChI=1S/C21H21N5O3/c1-28-17-6-2-3-7-18(17)29-20-19(24-10-11-25-20)15-5-4-12-26(14-15)21(27)16-13-22-8-9-23-16/h2-3,6-11,13,15H,4-5,12,14H2,1H3. The molecule has 0 spiro atoms. The third-order valence-electron chi connectivity index (χ3n) is 4.84. The summed E-state index contributed by atoms with van der Waals surface area (Å²) in [6.07, 6.45) is 9.57. The fourth-order valence-corrected chi connectivity index (χ4v) is 3.46. The van der Waals surface area contributed by atoms with Crippen molar-refractivity contribution < 1.29 is 14.3 Å². The minimum absolute atomic E-state index is 0.0165. The first kappa shape index (κ1) is 18.8. The number of likely N-dealkylation sites (tertiary alicyclic amines) is 1. The van der Waals surface area contributed by atoms with E-state index in [0.29, 0.717) is 36.2 Å². The number of carbonyl (C=O) groups is 1. The fraction of sp³-hybridized carbons (Fsp3) is 0.286. The summed E-state index contributed by atoms with van der Waals surface area (Å²) in [7, 11) is 1.59. The van der Waals surface area contributed by atoms with E-state index in [2.05, 4.69) is 19.9 Å². The summed E-state index contributed by atoms with van der Waals surface area (Å²) in [4.78, 5) is 31.6. The number of ether oxygens (including phenoxy) is 2. The molecule has 4 rings (SSSR count). The van der Waals surface area contributed by atoms with Gasteiger partial charge >= 0.3 is 0 Å². The quantitative estimate of drug-likeness (QED) is 0.660. The van der Waals surface area contributed by atoms with Crippen LogP contribution in [0.4, 0.5) is 0 Å². The van der Waals surface area contributed by atoms with Gasteiger partial charge in [0.2, 0.25) is 5.88 Å². The summed E-state index contributed by atoms with van der Waals surface area (Å²) in [5.41, 5.74) is 1.08. The molecule has 0 saturated carbocycles. The first-order chi connectivity index (χ1) is 14.3. The lowest BCUT2D eigenvalue weighted by Gasteiger charge is -2.32. The molecule has 3 heterocycles. The highest BCUT2D eigenvalue weighted by molar-refractivity contribution is 5.92. The molecule has 148 valence electrons. The number of benzene rings is 1. The Balaban J connectivity index is 1.56. The SMILES string of the molecule is COc1ccccc1Oc1nccnc1C1CCCN(C(=O)c2cnccn2)C1. The molecule has 1 fully saturated rings. The van der Waals surface area contributed by atoms with Gasteiger partial charge < -0.3 is 14.4 Å². The van der Waals surface area contributed by atoms with Gasteiger partial charge in [-0.3, -0.25) is 14.8 Å². The van der Waals surface area contributed by atoms with Gasteiger partial charge in [0.25, 0.3) is 5.91 Å². The first-order valence-electron chi connectivity index (χ1n) is 9.43. The fourth-order valence-electron chi connectivity index (χ4n) is 3.46. The van der Waals surface area contributed by atoms with E-state index >= 15 is 0 Å². The van der Waals surface area contributed by atoms with Gasteiger partial charge in [0, 0.05) is 43.8 Å². The lowest BCUT2D eigenvalue weighted by molar-refractivity contribution is 0.0698. The molecule has 0 bridgehead atoms. The Labute approximate surface area is 168 Å². The number of carbonyl (C=O) groups excluding carboxylic acids is 1. The van der Waals surface area contributed by atoms with Crippen molar-refractivity contribution in [2.24, 2.45) is 0 Å². The molecule has 1 atom stereocenters. The molecule has 29 heavy (non-hydrogen) atoms. The summed E-state index contributed by atoms with van der Waals surface area (Å²) >= 11 is 0. The number of amides is 1. The number of rotatable bonds is 5. The highest BCUT2D eigenvalue weighted by atomic mass is 16.5. The third kappa shape index (κ3) is 4.16. The first-order valence-corrected chi connectivity index (χ1v) is 9.43. The van der Waals surface area contributed by atoms with Gasteiger partial charge in [0.05, 0.1) is 13.3 Å². The highest BCUT2D eigenvalue weighted by Crippen LogP contribution is 2.35. The minimum Gasteiger partial charge on any atom is -0.493 e. The van der Waals surface area contributed by atoms with E-state index in [1.54, 1.807) is 30.6 Å². The van der Waals surface area contributed by atoms with E-state index < -0.39 is 0 Å². The lowest BCUT2D eigenvalue weighted by atomic mass is 9.94. The molecule has 1 unspecified atom stereocenters. The summed E-state index contributed by atoms with van der Waals surface area (Å²) < 4.78 is 11.4. The van der Waals surface area contributed by atoms with Crippen molar-refractivity contribution in [3.63, 3.8) is 0 Å². The van der Waals surface area contributed by atoms with Crippen LogP contribution in [0.5, 0.6) is 17.4 Å². The highest BCUT2D eigenvalue weighted by Gasteiger charge is 2.29. The smallest absolute Gasteiger partial charge is 0.274 e. The number of aromatic nitrogens is 4. The Morgan fingerprint density at radius 3 is 2.66 bits per heavy atom. The number of methoxy groups -OCH3 is 1. The Kier molecular flexibility index (Phi) is 5.60. The molecular weight excluding hydrogens is 370 g/mol. The molecular formula is C21H21N5O3. The van der Waals surface area contributed by atoms with Crippen LogP contribution in [0.2, 0.25) is 0 Å². The van der Waals surface area contributed by atoms with Crippen LogP contribution in [0.1, 0.15) is 34.9 Å². The molecule has 1 amide bonds. The molecule has 8 heteroatoms. The van der Waals surface area contributed by atoms with Gasteiger partial charge in [0.15, 0.2) is 11.5 Å². The van der Waals surface area contributed by atoms with Crippen LogP contribution >= 0.6 is 0 Å². The van der Waals surface area contributed by atoms with Crippen LogP contribution in [0, 0.1) is 0 Å². The van der Waals surface area contributed by atoms with Crippen molar-refractivity contribution in [2.75, 3.05) is 20.2 Å². The average molecular weight is 391 g/mol. The molecule has 1 aromatic carbocycles. The second-order valence-electron chi connectivity index (χ2n) is 6.68. The van der Waals surface area contributed by atoms with Crippen LogP contribution in [0.25, 0.3) is 0 Å². The summed E-state index contributed by atoms with van der Waals surface area (Å²) in [5.74, 6) is 1.50. The van der Waals surface area contributed by atoms with Crippen LogP contribution in [0.15, 0.2) is 55.2 Å². The number of para-hydroxylation sites is 2. The molecule has 0 N–H and O–H groups in total. The van der Waals surface area contributed by atoms with Crippen LogP contribution < -0.4 is 9.47 Å². The Bertz CT molecular complexity index is 983. The lowest BCUT2D eigenvalue weighted by Crippen LogP contribution is -2.39. The van der Waals surface area contributed by atoms with E-state index in [-0.39, 0.29) is 11.8 Å². The maximum absolute atomic E-state index is 12.8. The van der Waals surface area contributed by atoms with Crippen LogP contribution in [-0.2, 0) is 0 Å². The molecule has 1 aliphatic rings. The van der Waals surface area contributed by atoms with E-state index in [4.69, 9.17) is 9.47 Å². The van der Waals surface area contributed by atoms with Crippen molar-refractivity contribution in [1.29, 1.82) is 0 Å². The van der Waals surface area contributed by atoms with Gasteiger partial charge in [-0.2, -0.15) is 0 Å². The zero-order valence-electron chi connectivity index (χ0n) is 16.1. The topological polar surface area (TPSA) is 90.3 Å². The molecule has 1 saturated heterocycles. The Hall–Kier alpha value is -3.55. The van der Waals surface area contributed by atoms with Crippen molar-refractivity contribution in [1.82, 2.24) is 24.8 Å². The molecule has 3 aromatic rings. The van der Waals surface area contributed by atoms with E-state index in [9.17, 15) is 4.79 Å². The number of hydrogen-bond acceptors (Lipinski definition) is 7. The monoisotopic (exact) mass is 391 g/mol. The summed E-state index contributed by atoms with van der Waals surface area (Å²) in [5, 5.41) is 0. The van der Waals surface area contributed by atoms with Gasteiger partial charge in [-0.05, 0) is 25.0 Å². The van der Waals surface area contributed by atoms with Gasteiger partial charge in [-0.1, -0.05) is 12.1 Å². The van der Waals surface area contributed by atoms with Gasteiger partial charge in [-0.25, -0.2) is 9.97 Å². The van der Waals surface area contributed by atoms with Crippen LogP contribution in [0.3, 0.4) is 0 Å². The largest absolute Gasteiger partial charge is 0.493 e. The molecule has 1 aliphatic heterocycles. The van der Waals surface area contributed by atoms with Crippen LogP contribution in [-0.4, -0.2) is 50.9 Å².